The number of amides is 1. The molecule has 8 heteroatoms. The zero-order chi connectivity index (χ0) is 12.4. The molecule has 0 radical (unpaired) electrons. The maximum atomic E-state index is 13.4. The van der Waals surface area contributed by atoms with Gasteiger partial charge >= 0.3 is 0 Å². The van der Waals surface area contributed by atoms with Crippen LogP contribution < -0.4 is 11.1 Å². The summed E-state index contributed by atoms with van der Waals surface area (Å²) in [4.78, 5) is 11.7. The van der Waals surface area contributed by atoms with Gasteiger partial charge in [-0.05, 0) is 24.3 Å². The Bertz CT molecular complexity index is 534. The Morgan fingerprint density at radius 2 is 2.29 bits per heavy atom. The van der Waals surface area contributed by atoms with Gasteiger partial charge in [0.15, 0.2) is 0 Å². The van der Waals surface area contributed by atoms with Crippen molar-refractivity contribution < 1.29 is 9.18 Å². The lowest BCUT2D eigenvalue weighted by Crippen LogP contribution is -2.13. The number of carbonyl (C=O) groups is 1. The summed E-state index contributed by atoms with van der Waals surface area (Å²) in [5.74, 6) is -1.03. The number of aromatic nitrogens is 3. The molecular formula is C9H8FN5OS. The molecule has 3 N–H and O–H groups in total. The van der Waals surface area contributed by atoms with E-state index in [1.54, 1.807) is 6.92 Å². The molecule has 88 valence electrons. The van der Waals surface area contributed by atoms with Gasteiger partial charge in [-0.3, -0.25) is 10.1 Å². The van der Waals surface area contributed by atoms with E-state index in [1.165, 1.54) is 6.07 Å². The molecule has 0 unspecified atom stereocenters. The molecule has 6 nitrogen and oxygen atoms in total. The predicted molar refractivity (Wildman–Crippen MR) is 61.2 cm³/mol. The molecule has 1 heterocycles. The average Bonchev–Trinajstić information content (AvgIpc) is 2.77. The quantitative estimate of drug-likeness (QED) is 0.785. The van der Waals surface area contributed by atoms with Crippen LogP contribution in [0.4, 0.5) is 15.2 Å². The molecule has 1 aromatic carbocycles. The zero-order valence-corrected chi connectivity index (χ0v) is 9.58. The number of nitrogen functional groups attached to an aromatic ring is 1. The van der Waals surface area contributed by atoms with Crippen LogP contribution in [-0.2, 0) is 0 Å². The monoisotopic (exact) mass is 253 g/mol. The van der Waals surface area contributed by atoms with E-state index < -0.39 is 11.7 Å². The predicted octanol–water partition coefficient (Wildman–Crippen LogP) is 1.22. The van der Waals surface area contributed by atoms with Crippen LogP contribution in [0.5, 0.6) is 0 Å². The molecule has 0 aliphatic heterocycles. The summed E-state index contributed by atoms with van der Waals surface area (Å²) in [7, 11) is 0. The molecule has 0 saturated heterocycles. The fourth-order valence-electron chi connectivity index (χ4n) is 1.18. The van der Waals surface area contributed by atoms with E-state index in [0.29, 0.717) is 5.56 Å². The highest BCUT2D eigenvalue weighted by Crippen LogP contribution is 2.18. The number of nitrogens with one attached hydrogen (secondary N) is 1. The highest BCUT2D eigenvalue weighted by Gasteiger charge is 2.12. The van der Waals surface area contributed by atoms with Crippen molar-refractivity contribution in [2.45, 2.75) is 6.92 Å². The molecule has 0 bridgehead atoms. The van der Waals surface area contributed by atoms with Crippen molar-refractivity contribution in [1.82, 2.24) is 14.8 Å². The fourth-order valence-corrected chi connectivity index (χ4v) is 1.54. The minimum absolute atomic E-state index is 0.126. The fraction of sp³-hybridized carbons (Fsp3) is 0.111. The number of nitrogens with zero attached hydrogens (tertiary/aromatic N) is 3. The zero-order valence-electron chi connectivity index (χ0n) is 8.77. The molecule has 0 aliphatic rings. The number of rotatable bonds is 2. The van der Waals surface area contributed by atoms with Crippen LogP contribution in [-0.4, -0.2) is 20.7 Å². The third-order valence-corrected chi connectivity index (χ3v) is 2.68. The Morgan fingerprint density at radius 1 is 1.53 bits per heavy atom. The standard InChI is InChI=1S/C9H8FN5OS/c1-4-6(10)2-5(3-7(4)11)8(16)12-9-13-14-15-17-9/h2-3H,11H2,1H3,(H,12,13,15,16). The molecular weight excluding hydrogens is 245 g/mol. The second-order valence-corrected chi connectivity index (χ2v) is 4.03. The van der Waals surface area contributed by atoms with Crippen molar-refractivity contribution in [3.05, 3.63) is 29.1 Å². The Balaban J connectivity index is 2.26. The van der Waals surface area contributed by atoms with Crippen LogP contribution in [0.3, 0.4) is 0 Å². The first-order valence-electron chi connectivity index (χ1n) is 4.60. The maximum Gasteiger partial charge on any atom is 0.257 e. The van der Waals surface area contributed by atoms with E-state index in [4.69, 9.17) is 5.73 Å². The average molecular weight is 253 g/mol. The Morgan fingerprint density at radius 3 is 2.88 bits per heavy atom. The van der Waals surface area contributed by atoms with Crippen molar-refractivity contribution in [3.8, 4) is 0 Å². The van der Waals surface area contributed by atoms with E-state index >= 15 is 0 Å². The van der Waals surface area contributed by atoms with Crippen molar-refractivity contribution in [3.63, 3.8) is 0 Å². The summed E-state index contributed by atoms with van der Waals surface area (Å²) >= 11 is 0.928. The van der Waals surface area contributed by atoms with Crippen LogP contribution in [0.15, 0.2) is 12.1 Å². The van der Waals surface area contributed by atoms with Gasteiger partial charge in [-0.2, -0.15) is 0 Å². The molecule has 2 aromatic rings. The molecule has 0 spiro atoms. The van der Waals surface area contributed by atoms with E-state index in [9.17, 15) is 9.18 Å². The number of halogens is 1. The summed E-state index contributed by atoms with van der Waals surface area (Å²) < 4.78 is 16.9. The van der Waals surface area contributed by atoms with Gasteiger partial charge in [0, 0.05) is 28.3 Å². The summed E-state index contributed by atoms with van der Waals surface area (Å²) in [6.45, 7) is 1.54. The number of hydrogen-bond acceptors (Lipinski definition) is 6. The lowest BCUT2D eigenvalue weighted by molar-refractivity contribution is 0.102. The highest BCUT2D eigenvalue weighted by molar-refractivity contribution is 7.09. The number of benzene rings is 1. The normalized spacial score (nSPS) is 10.2. The lowest BCUT2D eigenvalue weighted by atomic mass is 10.1. The van der Waals surface area contributed by atoms with Gasteiger partial charge < -0.3 is 5.73 Å². The maximum absolute atomic E-state index is 13.4. The largest absolute Gasteiger partial charge is 0.398 e. The highest BCUT2D eigenvalue weighted by atomic mass is 32.1. The molecule has 2 rings (SSSR count). The minimum Gasteiger partial charge on any atom is -0.398 e. The number of anilines is 2. The first-order chi connectivity index (χ1) is 8.08. The number of hydrogen-bond donors (Lipinski definition) is 2. The van der Waals surface area contributed by atoms with E-state index in [1.807, 2.05) is 0 Å². The number of carbonyl (C=O) groups excluding carboxylic acids is 1. The molecule has 0 atom stereocenters. The van der Waals surface area contributed by atoms with Gasteiger partial charge in [-0.1, -0.05) is 9.59 Å². The molecule has 17 heavy (non-hydrogen) atoms. The molecule has 1 aromatic heterocycles. The second kappa shape index (κ2) is 4.42. The summed E-state index contributed by atoms with van der Waals surface area (Å²) in [6.07, 6.45) is 0. The summed E-state index contributed by atoms with van der Waals surface area (Å²) in [5.41, 5.74) is 6.25. The van der Waals surface area contributed by atoms with Crippen LogP contribution in [0.2, 0.25) is 0 Å². The summed E-state index contributed by atoms with van der Waals surface area (Å²) in [6, 6.07) is 2.53. The third kappa shape index (κ3) is 2.36. The Hall–Kier alpha value is -2.09. The molecule has 0 fully saturated rings. The van der Waals surface area contributed by atoms with Crippen LogP contribution in [0, 0.1) is 12.7 Å². The minimum atomic E-state index is -0.523. The van der Waals surface area contributed by atoms with Crippen molar-refractivity contribution >= 4 is 28.3 Å². The van der Waals surface area contributed by atoms with Gasteiger partial charge in [0.05, 0.1) is 0 Å². The second-order valence-electron chi connectivity index (χ2n) is 3.29. The lowest BCUT2D eigenvalue weighted by Gasteiger charge is -2.05. The smallest absolute Gasteiger partial charge is 0.257 e. The van der Waals surface area contributed by atoms with E-state index in [0.717, 1.165) is 17.6 Å². The van der Waals surface area contributed by atoms with Crippen LogP contribution in [0.25, 0.3) is 0 Å². The van der Waals surface area contributed by atoms with E-state index in [-0.39, 0.29) is 16.4 Å². The topological polar surface area (TPSA) is 93.8 Å². The molecule has 1 amide bonds. The molecule has 0 saturated carbocycles. The Labute approximate surface area is 99.8 Å². The summed E-state index contributed by atoms with van der Waals surface area (Å²) in [5, 5.41) is 9.55. The number of nitrogens with two attached hydrogens (primary N) is 1. The van der Waals surface area contributed by atoms with Gasteiger partial charge in [-0.25, -0.2) is 4.39 Å². The van der Waals surface area contributed by atoms with E-state index in [2.05, 4.69) is 20.1 Å². The SMILES string of the molecule is Cc1c(N)cc(C(=O)Nc2nnns2)cc1F. The van der Waals surface area contributed by atoms with Crippen molar-refractivity contribution in [1.29, 1.82) is 0 Å². The Kier molecular flexibility index (Phi) is 2.96. The van der Waals surface area contributed by atoms with Crippen molar-refractivity contribution in [2.24, 2.45) is 0 Å². The van der Waals surface area contributed by atoms with Gasteiger partial charge in [-0.15, -0.1) is 0 Å². The van der Waals surface area contributed by atoms with Gasteiger partial charge in [0.25, 0.3) is 5.91 Å². The first-order valence-corrected chi connectivity index (χ1v) is 5.37. The van der Waals surface area contributed by atoms with Gasteiger partial charge in [0.2, 0.25) is 5.13 Å². The first kappa shape index (κ1) is 11.4. The van der Waals surface area contributed by atoms with Crippen molar-refractivity contribution in [2.75, 3.05) is 11.1 Å². The third-order valence-electron chi connectivity index (χ3n) is 2.17. The van der Waals surface area contributed by atoms with Crippen LogP contribution >= 0.6 is 11.5 Å². The molecule has 0 aliphatic carbocycles. The van der Waals surface area contributed by atoms with Gasteiger partial charge in [0.1, 0.15) is 5.82 Å². The van der Waals surface area contributed by atoms with Crippen LogP contribution in [0.1, 0.15) is 15.9 Å².